The fourth-order valence-electron chi connectivity index (χ4n) is 6.33. The van der Waals surface area contributed by atoms with Crippen LogP contribution in [0.5, 0.6) is 0 Å². The molecule has 2 aliphatic heterocycles. The molecule has 0 bridgehead atoms. The molecule has 0 fully saturated rings. The van der Waals surface area contributed by atoms with E-state index in [1.54, 1.807) is 6.07 Å². The van der Waals surface area contributed by atoms with Crippen LogP contribution in [-0.4, -0.2) is 11.3 Å². The molecule has 5 aromatic rings. The molecule has 182 valence electrons. The van der Waals surface area contributed by atoms with Gasteiger partial charge in [-0.1, -0.05) is 0 Å². The van der Waals surface area contributed by atoms with Gasteiger partial charge in [-0.05, 0) is 0 Å². The minimum absolute atomic E-state index is 0.0274. The average molecular weight is 712 g/mol. The molecule has 3 heterocycles. The molecule has 0 radical (unpaired) electrons. The summed E-state index contributed by atoms with van der Waals surface area (Å²) in [6.45, 7) is 4.52. The number of aromatic nitrogens is 1. The van der Waals surface area contributed by atoms with Gasteiger partial charge < -0.3 is 0 Å². The van der Waals surface area contributed by atoms with Crippen LogP contribution in [0.15, 0.2) is 80.2 Å². The van der Waals surface area contributed by atoms with Gasteiger partial charge in [0.05, 0.1) is 0 Å². The third-order valence-corrected chi connectivity index (χ3v) is 15.5. The van der Waals surface area contributed by atoms with Gasteiger partial charge in [0.2, 0.25) is 0 Å². The number of para-hydroxylation sites is 1. The monoisotopic (exact) mass is 712 g/mol. The SMILES string of the molecule is CC1(C)c2ccccc2B2c3c(cccc31)-n1c3ccc(I(F)(F)=NI(F)F)cc3c3cccc2c31. The molecule has 7 rings (SSSR count). The summed E-state index contributed by atoms with van der Waals surface area (Å²) >= 11 is -11.0. The van der Waals surface area contributed by atoms with Crippen molar-refractivity contribution >= 4 is 85.6 Å². The first-order valence-electron chi connectivity index (χ1n) is 11.4. The molecule has 0 atom stereocenters. The molecule has 1 aromatic heterocycles. The molecule has 0 N–H and O–H groups in total. The van der Waals surface area contributed by atoms with Crippen molar-refractivity contribution in [1.82, 2.24) is 4.57 Å². The molecule has 36 heavy (non-hydrogen) atoms. The zero-order valence-electron chi connectivity index (χ0n) is 19.2. The van der Waals surface area contributed by atoms with Crippen LogP contribution >= 0.6 is 40.6 Å². The first-order chi connectivity index (χ1) is 17.2. The van der Waals surface area contributed by atoms with Crippen molar-refractivity contribution in [3.63, 3.8) is 0 Å². The van der Waals surface area contributed by atoms with Gasteiger partial charge in [0.1, 0.15) is 0 Å². The Balaban J connectivity index is 1.63. The maximum atomic E-state index is 14.7. The van der Waals surface area contributed by atoms with Gasteiger partial charge >= 0.3 is 221 Å². The molecule has 0 aliphatic carbocycles. The second-order valence-electron chi connectivity index (χ2n) is 9.78. The Morgan fingerprint density at radius 3 is 2.36 bits per heavy atom. The molecular formula is C27H19BF4I2N2. The number of nitrogens with zero attached hydrogens (tertiary/aromatic N) is 2. The summed E-state index contributed by atoms with van der Waals surface area (Å²) in [6, 6.07) is 25.3. The Kier molecular flexibility index (Phi) is 4.85. The van der Waals surface area contributed by atoms with Crippen molar-refractivity contribution in [3.8, 4) is 5.69 Å². The van der Waals surface area contributed by atoms with Crippen LogP contribution in [0.25, 0.3) is 27.5 Å². The number of benzene rings is 4. The molecule has 0 amide bonds. The zero-order chi connectivity index (χ0) is 25.0. The van der Waals surface area contributed by atoms with Gasteiger partial charge in [-0.2, -0.15) is 0 Å². The second kappa shape index (κ2) is 7.62. The Hall–Kier alpha value is -2.28. The van der Waals surface area contributed by atoms with Crippen molar-refractivity contribution in [1.29, 1.82) is 0 Å². The molecular weight excluding hydrogens is 693 g/mol. The van der Waals surface area contributed by atoms with E-state index in [2.05, 4.69) is 68.3 Å². The summed E-state index contributed by atoms with van der Waals surface area (Å²) < 4.78 is 59.9. The van der Waals surface area contributed by atoms with Crippen molar-refractivity contribution in [2.24, 2.45) is 1.36 Å². The Labute approximate surface area is 220 Å². The number of hydrogen-bond acceptors (Lipinski definition) is 1. The summed E-state index contributed by atoms with van der Waals surface area (Å²) in [5, 5.41) is 1.51. The Bertz CT molecular complexity index is 1810. The predicted molar refractivity (Wildman–Crippen MR) is 158 cm³/mol. The number of hydrogen-bond donors (Lipinski definition) is 0. The molecule has 0 spiro atoms. The summed E-state index contributed by atoms with van der Waals surface area (Å²) in [5.41, 5.74) is 8.82. The fraction of sp³-hybridized carbons (Fsp3) is 0.111. The summed E-state index contributed by atoms with van der Waals surface area (Å²) in [5.74, 6) is 0. The molecule has 2 nitrogen and oxygen atoms in total. The van der Waals surface area contributed by atoms with E-state index in [0.29, 0.717) is 5.39 Å². The molecule has 9 heteroatoms. The summed E-state index contributed by atoms with van der Waals surface area (Å²) in [6.07, 6.45) is 0. The first kappa shape index (κ1) is 22.9. The number of fused-ring (bicyclic) bond motifs is 7. The van der Waals surface area contributed by atoms with Gasteiger partial charge in [0, 0.05) is 0 Å². The Morgan fingerprint density at radius 2 is 1.56 bits per heavy atom. The van der Waals surface area contributed by atoms with Crippen LogP contribution in [0, 0.1) is 3.57 Å². The second-order valence-corrected chi connectivity index (χ2v) is 17.2. The van der Waals surface area contributed by atoms with Crippen molar-refractivity contribution < 1.29 is 11.4 Å². The molecule has 0 saturated carbocycles. The van der Waals surface area contributed by atoms with Crippen LogP contribution in [0.3, 0.4) is 0 Å². The van der Waals surface area contributed by atoms with E-state index >= 15 is 0 Å². The van der Waals surface area contributed by atoms with Crippen LogP contribution in [0.2, 0.25) is 0 Å². The number of rotatable bonds is 2. The van der Waals surface area contributed by atoms with E-state index in [9.17, 15) is 11.4 Å². The molecule has 0 saturated heterocycles. The van der Waals surface area contributed by atoms with Crippen molar-refractivity contribution in [2.75, 3.05) is 0 Å². The fourth-order valence-corrected chi connectivity index (χ4v) is 11.9. The third kappa shape index (κ3) is 2.95. The number of halogens is 6. The Morgan fingerprint density at radius 1 is 0.833 bits per heavy atom. The van der Waals surface area contributed by atoms with Gasteiger partial charge in [-0.25, -0.2) is 0 Å². The van der Waals surface area contributed by atoms with E-state index in [-0.39, 0.29) is 15.7 Å². The summed E-state index contributed by atoms with van der Waals surface area (Å²) in [7, 11) is 0. The standard InChI is InChI=1S/C27H19BF4I2N2/c1-27(2)19-8-3-4-10-21(19)28-22-11-5-7-17-18-15-16(34(31,32)35-33(29)30)13-14-23(18)36(26(17)22)24-12-6-9-20(27)25(24)28/h3-15H,1-2H3. The van der Waals surface area contributed by atoms with Gasteiger partial charge in [0.15, 0.2) is 0 Å². The van der Waals surface area contributed by atoms with Crippen molar-refractivity contribution in [2.45, 2.75) is 19.3 Å². The summed E-state index contributed by atoms with van der Waals surface area (Å²) in [4.78, 5) is 0. The normalized spacial score (nSPS) is 16.1. The van der Waals surface area contributed by atoms with Crippen LogP contribution in [0.4, 0.5) is 11.4 Å². The topological polar surface area (TPSA) is 17.3 Å². The van der Waals surface area contributed by atoms with E-state index in [4.69, 9.17) is 0 Å². The van der Waals surface area contributed by atoms with Gasteiger partial charge in [-0.3, -0.25) is 0 Å². The minimum atomic E-state index is -6.06. The molecule has 0 unspecified atom stereocenters. The van der Waals surface area contributed by atoms with Gasteiger partial charge in [0.25, 0.3) is 0 Å². The molecule has 2 aliphatic rings. The zero-order valence-corrected chi connectivity index (χ0v) is 23.6. The van der Waals surface area contributed by atoms with Crippen molar-refractivity contribution in [3.05, 3.63) is 93.6 Å². The third-order valence-electron chi connectivity index (χ3n) is 7.71. The van der Waals surface area contributed by atoms with Crippen LogP contribution in [-0.2, 0) is 5.41 Å². The molecule has 4 aromatic carbocycles. The maximum absolute atomic E-state index is 14.7. The quantitative estimate of drug-likeness (QED) is 0.100. The van der Waals surface area contributed by atoms with E-state index in [0.717, 1.165) is 27.6 Å². The van der Waals surface area contributed by atoms with E-state index in [1.165, 1.54) is 34.2 Å². The van der Waals surface area contributed by atoms with Crippen LogP contribution in [0.1, 0.15) is 25.0 Å². The van der Waals surface area contributed by atoms with E-state index < -0.39 is 40.6 Å². The van der Waals surface area contributed by atoms with Crippen LogP contribution < -0.4 is 16.4 Å². The van der Waals surface area contributed by atoms with Gasteiger partial charge in [-0.15, -0.1) is 0 Å². The average Bonchev–Trinajstić information content (AvgIpc) is 3.18. The first-order valence-corrected chi connectivity index (χ1v) is 17.7. The van der Waals surface area contributed by atoms with E-state index in [1.807, 2.05) is 12.1 Å². The predicted octanol–water partition coefficient (Wildman–Crippen LogP) is 7.61.